The van der Waals surface area contributed by atoms with Crippen LogP contribution in [0.2, 0.25) is 0 Å². The SMILES string of the molecule is CC(C)c1cccc(C(C)C)c1-n1c(-c2cccc3c2oc2cc(-c4ccccc4)ccc23)nc2ccccc21. The van der Waals surface area contributed by atoms with E-state index in [1.54, 1.807) is 0 Å². The molecule has 3 heteroatoms. The number of benzene rings is 5. The highest BCUT2D eigenvalue weighted by molar-refractivity contribution is 6.10. The van der Waals surface area contributed by atoms with Crippen LogP contribution >= 0.6 is 0 Å². The number of imidazole rings is 1. The summed E-state index contributed by atoms with van der Waals surface area (Å²) in [6, 6.07) is 38.6. The number of fused-ring (bicyclic) bond motifs is 4. The molecule has 0 N–H and O–H groups in total. The predicted octanol–water partition coefficient (Wildman–Crippen LogP) is 10.5. The van der Waals surface area contributed by atoms with Gasteiger partial charge >= 0.3 is 0 Å². The second-order valence-corrected chi connectivity index (χ2v) is 11.2. The smallest absolute Gasteiger partial charge is 0.149 e. The Morgan fingerprint density at radius 3 is 2.08 bits per heavy atom. The summed E-state index contributed by atoms with van der Waals surface area (Å²) in [4.78, 5) is 5.25. The first-order valence-electron chi connectivity index (χ1n) is 14.1. The third-order valence-electron chi connectivity index (χ3n) is 7.97. The third-order valence-corrected chi connectivity index (χ3v) is 7.97. The van der Waals surface area contributed by atoms with Gasteiger partial charge < -0.3 is 4.42 Å². The number of aromatic nitrogens is 2. The number of para-hydroxylation sites is 4. The van der Waals surface area contributed by atoms with Crippen LogP contribution in [0.15, 0.2) is 114 Å². The van der Waals surface area contributed by atoms with Crippen molar-refractivity contribution in [1.82, 2.24) is 9.55 Å². The van der Waals surface area contributed by atoms with Gasteiger partial charge in [-0.15, -0.1) is 0 Å². The molecule has 0 aliphatic heterocycles. The zero-order valence-electron chi connectivity index (χ0n) is 23.3. The Labute approximate surface area is 234 Å². The molecule has 0 spiro atoms. The minimum atomic E-state index is 0.362. The molecule has 2 aromatic heterocycles. The molecule has 196 valence electrons. The van der Waals surface area contributed by atoms with Gasteiger partial charge in [-0.3, -0.25) is 4.57 Å². The standard InChI is InChI=1S/C37H32N2O/c1-23(2)27-14-10-15-28(24(3)4)35(27)39-33-19-9-8-18-32(33)38-37(39)31-17-11-16-30-29-21-20-26(22-34(29)40-36(30)31)25-12-6-5-7-13-25/h5-24H,1-4H3. The topological polar surface area (TPSA) is 31.0 Å². The van der Waals surface area contributed by atoms with E-state index in [4.69, 9.17) is 9.40 Å². The van der Waals surface area contributed by atoms with E-state index in [1.165, 1.54) is 22.4 Å². The van der Waals surface area contributed by atoms with Crippen molar-refractivity contribution in [3.8, 4) is 28.2 Å². The van der Waals surface area contributed by atoms with Crippen molar-refractivity contribution in [2.45, 2.75) is 39.5 Å². The maximum absolute atomic E-state index is 6.69. The molecule has 0 aliphatic rings. The third kappa shape index (κ3) is 3.84. The number of rotatable bonds is 5. The summed E-state index contributed by atoms with van der Waals surface area (Å²) in [6.07, 6.45) is 0. The van der Waals surface area contributed by atoms with Crippen molar-refractivity contribution < 1.29 is 4.42 Å². The Bertz CT molecular complexity index is 1980. The monoisotopic (exact) mass is 520 g/mol. The molecule has 0 amide bonds. The van der Waals surface area contributed by atoms with Crippen LogP contribution in [0.4, 0.5) is 0 Å². The summed E-state index contributed by atoms with van der Waals surface area (Å²) in [5, 5.41) is 2.22. The molecule has 3 nitrogen and oxygen atoms in total. The first-order valence-corrected chi connectivity index (χ1v) is 14.1. The summed E-state index contributed by atoms with van der Waals surface area (Å²) in [5.74, 6) is 1.63. The lowest BCUT2D eigenvalue weighted by Gasteiger charge is -2.22. The number of furan rings is 1. The molecule has 0 aliphatic carbocycles. The van der Waals surface area contributed by atoms with Crippen molar-refractivity contribution in [2.75, 3.05) is 0 Å². The van der Waals surface area contributed by atoms with Gasteiger partial charge in [-0.2, -0.15) is 0 Å². The van der Waals surface area contributed by atoms with Gasteiger partial charge in [0, 0.05) is 10.8 Å². The molecular weight excluding hydrogens is 488 g/mol. The first-order chi connectivity index (χ1) is 19.5. The van der Waals surface area contributed by atoms with Gasteiger partial charge in [-0.1, -0.05) is 107 Å². The Balaban J connectivity index is 1.54. The minimum absolute atomic E-state index is 0.362. The molecule has 2 heterocycles. The number of nitrogens with zero attached hydrogens (tertiary/aromatic N) is 2. The Morgan fingerprint density at radius 2 is 1.32 bits per heavy atom. The molecule has 0 unspecified atom stereocenters. The molecular formula is C37H32N2O. The Kier molecular flexibility index (Phi) is 5.82. The molecule has 0 saturated heterocycles. The van der Waals surface area contributed by atoms with E-state index in [1.807, 2.05) is 6.07 Å². The molecule has 0 saturated carbocycles. The maximum Gasteiger partial charge on any atom is 0.149 e. The second kappa shape index (κ2) is 9.53. The quantitative estimate of drug-likeness (QED) is 0.226. The molecule has 7 rings (SSSR count). The highest BCUT2D eigenvalue weighted by atomic mass is 16.3. The van der Waals surface area contributed by atoms with E-state index < -0.39 is 0 Å². The van der Waals surface area contributed by atoms with E-state index in [9.17, 15) is 0 Å². The van der Waals surface area contributed by atoms with Crippen molar-refractivity contribution in [3.63, 3.8) is 0 Å². The summed E-state index contributed by atoms with van der Waals surface area (Å²) in [7, 11) is 0. The normalized spacial score (nSPS) is 11.9. The Morgan fingerprint density at radius 1 is 0.625 bits per heavy atom. The van der Waals surface area contributed by atoms with E-state index in [2.05, 4.69) is 135 Å². The molecule has 0 radical (unpaired) electrons. The number of hydrogen-bond acceptors (Lipinski definition) is 2. The fourth-order valence-corrected chi connectivity index (χ4v) is 5.99. The van der Waals surface area contributed by atoms with E-state index in [0.29, 0.717) is 11.8 Å². The average Bonchev–Trinajstić information content (AvgIpc) is 3.55. The van der Waals surface area contributed by atoms with Gasteiger partial charge in [-0.05, 0) is 64.4 Å². The van der Waals surface area contributed by atoms with Crippen LogP contribution in [-0.2, 0) is 0 Å². The van der Waals surface area contributed by atoms with E-state index in [0.717, 1.165) is 49.9 Å². The lowest BCUT2D eigenvalue weighted by Crippen LogP contribution is -2.08. The predicted molar refractivity (Wildman–Crippen MR) is 167 cm³/mol. The van der Waals surface area contributed by atoms with Gasteiger partial charge in [-0.25, -0.2) is 4.98 Å². The zero-order valence-corrected chi connectivity index (χ0v) is 23.3. The molecule has 40 heavy (non-hydrogen) atoms. The van der Waals surface area contributed by atoms with Crippen molar-refractivity contribution in [3.05, 3.63) is 120 Å². The zero-order chi connectivity index (χ0) is 27.4. The fraction of sp³-hybridized carbons (Fsp3) is 0.162. The largest absolute Gasteiger partial charge is 0.455 e. The first kappa shape index (κ1) is 24.4. The molecule has 0 atom stereocenters. The molecule has 7 aromatic rings. The lowest BCUT2D eigenvalue weighted by atomic mass is 9.92. The van der Waals surface area contributed by atoms with Crippen LogP contribution in [-0.4, -0.2) is 9.55 Å². The van der Waals surface area contributed by atoms with Gasteiger partial charge in [0.1, 0.15) is 17.0 Å². The highest BCUT2D eigenvalue weighted by Crippen LogP contribution is 2.41. The van der Waals surface area contributed by atoms with Gasteiger partial charge in [0.15, 0.2) is 0 Å². The van der Waals surface area contributed by atoms with Crippen LogP contribution in [0.3, 0.4) is 0 Å². The molecule has 5 aromatic carbocycles. The summed E-state index contributed by atoms with van der Waals surface area (Å²) >= 11 is 0. The summed E-state index contributed by atoms with van der Waals surface area (Å²) in [6.45, 7) is 9.08. The molecule has 0 fully saturated rings. The fourth-order valence-electron chi connectivity index (χ4n) is 5.99. The second-order valence-electron chi connectivity index (χ2n) is 11.2. The summed E-state index contributed by atoms with van der Waals surface area (Å²) < 4.78 is 9.06. The minimum Gasteiger partial charge on any atom is -0.455 e. The van der Waals surface area contributed by atoms with Crippen molar-refractivity contribution >= 4 is 33.0 Å². The maximum atomic E-state index is 6.69. The Hall–Kier alpha value is -4.63. The highest BCUT2D eigenvalue weighted by Gasteiger charge is 2.24. The lowest BCUT2D eigenvalue weighted by molar-refractivity contribution is 0.669. The van der Waals surface area contributed by atoms with Crippen LogP contribution in [0.5, 0.6) is 0 Å². The van der Waals surface area contributed by atoms with Crippen LogP contribution in [0, 0.1) is 0 Å². The van der Waals surface area contributed by atoms with E-state index >= 15 is 0 Å². The average molecular weight is 521 g/mol. The van der Waals surface area contributed by atoms with Gasteiger partial charge in [0.2, 0.25) is 0 Å². The molecule has 0 bridgehead atoms. The van der Waals surface area contributed by atoms with E-state index in [-0.39, 0.29) is 0 Å². The van der Waals surface area contributed by atoms with Crippen molar-refractivity contribution in [2.24, 2.45) is 0 Å². The van der Waals surface area contributed by atoms with Crippen LogP contribution in [0.25, 0.3) is 61.2 Å². The van der Waals surface area contributed by atoms with Crippen LogP contribution < -0.4 is 0 Å². The van der Waals surface area contributed by atoms with Gasteiger partial charge in [0.25, 0.3) is 0 Å². The van der Waals surface area contributed by atoms with Crippen molar-refractivity contribution in [1.29, 1.82) is 0 Å². The van der Waals surface area contributed by atoms with Gasteiger partial charge in [0.05, 0.1) is 22.3 Å². The van der Waals surface area contributed by atoms with Crippen LogP contribution in [0.1, 0.15) is 50.7 Å². The summed E-state index contributed by atoms with van der Waals surface area (Å²) in [5.41, 5.74) is 11.0. The number of hydrogen-bond donors (Lipinski definition) is 0.